The molecule has 0 aromatic heterocycles. The van der Waals surface area contributed by atoms with Gasteiger partial charge in [0.1, 0.15) is 0 Å². The third kappa shape index (κ3) is 3.93. The summed E-state index contributed by atoms with van der Waals surface area (Å²) >= 11 is 5.88. The standard InChI is InChI=1S/C14H19ClN2O2/c1-10(17-7-5-13(18)6-8-17)14(19)16-12-4-2-3-11(15)9-12/h2-4,9-10,13,18H,5-8H2,1H3,(H,16,19)/t10-/m1/s1. The molecule has 2 rings (SSSR count). The van der Waals surface area contributed by atoms with E-state index in [0.717, 1.165) is 25.9 Å². The number of hydrogen-bond donors (Lipinski definition) is 2. The molecule has 104 valence electrons. The predicted molar refractivity (Wildman–Crippen MR) is 76.4 cm³/mol. The van der Waals surface area contributed by atoms with Crippen molar-refractivity contribution in [2.24, 2.45) is 0 Å². The molecule has 0 unspecified atom stereocenters. The molecule has 1 amide bonds. The van der Waals surface area contributed by atoms with Crippen LogP contribution in [-0.2, 0) is 4.79 Å². The number of nitrogens with one attached hydrogen (secondary N) is 1. The van der Waals surface area contributed by atoms with Crippen LogP contribution in [-0.4, -0.2) is 41.1 Å². The summed E-state index contributed by atoms with van der Waals surface area (Å²) in [6, 6.07) is 6.92. The Morgan fingerprint density at radius 1 is 1.47 bits per heavy atom. The van der Waals surface area contributed by atoms with Crippen LogP contribution >= 0.6 is 11.6 Å². The van der Waals surface area contributed by atoms with Crippen molar-refractivity contribution in [3.05, 3.63) is 29.3 Å². The Balaban J connectivity index is 1.92. The lowest BCUT2D eigenvalue weighted by molar-refractivity contribution is -0.121. The zero-order valence-electron chi connectivity index (χ0n) is 11.0. The molecule has 1 aromatic carbocycles. The number of carbonyl (C=O) groups excluding carboxylic acids is 1. The molecule has 1 saturated heterocycles. The summed E-state index contributed by atoms with van der Waals surface area (Å²) < 4.78 is 0. The zero-order valence-corrected chi connectivity index (χ0v) is 11.7. The lowest BCUT2D eigenvalue weighted by Crippen LogP contribution is -2.47. The van der Waals surface area contributed by atoms with Crippen LogP contribution in [0.4, 0.5) is 5.69 Å². The van der Waals surface area contributed by atoms with E-state index in [2.05, 4.69) is 10.2 Å². The van der Waals surface area contributed by atoms with E-state index >= 15 is 0 Å². The third-order valence-electron chi connectivity index (χ3n) is 3.52. The van der Waals surface area contributed by atoms with Gasteiger partial charge in [-0.25, -0.2) is 0 Å². The third-order valence-corrected chi connectivity index (χ3v) is 3.75. The Labute approximate surface area is 118 Å². The maximum atomic E-state index is 12.1. The summed E-state index contributed by atoms with van der Waals surface area (Å²) in [6.45, 7) is 3.40. The second-order valence-corrected chi connectivity index (χ2v) is 5.38. The molecule has 1 fully saturated rings. The summed E-state index contributed by atoms with van der Waals surface area (Å²) in [5.41, 5.74) is 0.710. The van der Waals surface area contributed by atoms with Gasteiger partial charge in [-0.15, -0.1) is 0 Å². The summed E-state index contributed by atoms with van der Waals surface area (Å²) in [5, 5.41) is 12.9. The molecule has 0 radical (unpaired) electrons. The van der Waals surface area contributed by atoms with Gasteiger partial charge < -0.3 is 10.4 Å². The quantitative estimate of drug-likeness (QED) is 0.893. The highest BCUT2D eigenvalue weighted by atomic mass is 35.5. The Bertz CT molecular complexity index is 445. The molecule has 19 heavy (non-hydrogen) atoms. The molecule has 0 aliphatic carbocycles. The molecular weight excluding hydrogens is 264 g/mol. The van der Waals surface area contributed by atoms with Crippen molar-refractivity contribution in [1.82, 2.24) is 4.90 Å². The van der Waals surface area contributed by atoms with Crippen LogP contribution in [0.3, 0.4) is 0 Å². The van der Waals surface area contributed by atoms with Gasteiger partial charge in [-0.1, -0.05) is 17.7 Å². The van der Waals surface area contributed by atoms with E-state index in [9.17, 15) is 9.90 Å². The number of halogens is 1. The Hall–Kier alpha value is -1.10. The van der Waals surface area contributed by atoms with Gasteiger partial charge >= 0.3 is 0 Å². The van der Waals surface area contributed by atoms with Crippen molar-refractivity contribution < 1.29 is 9.90 Å². The van der Waals surface area contributed by atoms with Crippen LogP contribution in [0.25, 0.3) is 0 Å². The fourth-order valence-corrected chi connectivity index (χ4v) is 2.44. The van der Waals surface area contributed by atoms with E-state index in [1.165, 1.54) is 0 Å². The average Bonchev–Trinajstić information content (AvgIpc) is 2.39. The van der Waals surface area contributed by atoms with Crippen molar-refractivity contribution >= 4 is 23.2 Å². The van der Waals surface area contributed by atoms with E-state index in [0.29, 0.717) is 10.7 Å². The Morgan fingerprint density at radius 3 is 2.79 bits per heavy atom. The number of anilines is 1. The van der Waals surface area contributed by atoms with E-state index in [-0.39, 0.29) is 18.1 Å². The van der Waals surface area contributed by atoms with Crippen molar-refractivity contribution in [3.8, 4) is 0 Å². The van der Waals surface area contributed by atoms with Crippen LogP contribution in [0, 0.1) is 0 Å². The van der Waals surface area contributed by atoms with Gasteiger partial charge in [0.15, 0.2) is 0 Å². The number of aliphatic hydroxyl groups excluding tert-OH is 1. The number of amides is 1. The predicted octanol–water partition coefficient (Wildman–Crippen LogP) is 2.12. The first-order valence-corrected chi connectivity index (χ1v) is 6.92. The molecular formula is C14H19ClN2O2. The lowest BCUT2D eigenvalue weighted by Gasteiger charge is -2.33. The molecule has 0 saturated carbocycles. The number of likely N-dealkylation sites (tertiary alicyclic amines) is 1. The number of carbonyl (C=O) groups is 1. The number of piperidine rings is 1. The fourth-order valence-electron chi connectivity index (χ4n) is 2.25. The van der Waals surface area contributed by atoms with Crippen LogP contribution in [0.5, 0.6) is 0 Å². The molecule has 1 atom stereocenters. The second-order valence-electron chi connectivity index (χ2n) is 4.94. The highest BCUT2D eigenvalue weighted by Crippen LogP contribution is 2.17. The van der Waals surface area contributed by atoms with Crippen LogP contribution in [0.2, 0.25) is 5.02 Å². The minimum atomic E-state index is -0.223. The zero-order chi connectivity index (χ0) is 13.8. The number of aliphatic hydroxyl groups is 1. The van der Waals surface area contributed by atoms with Crippen molar-refractivity contribution in [3.63, 3.8) is 0 Å². The molecule has 0 bridgehead atoms. The highest BCUT2D eigenvalue weighted by Gasteiger charge is 2.25. The van der Waals surface area contributed by atoms with E-state index in [1.807, 2.05) is 13.0 Å². The molecule has 5 heteroatoms. The van der Waals surface area contributed by atoms with Crippen LogP contribution in [0.15, 0.2) is 24.3 Å². The first-order valence-electron chi connectivity index (χ1n) is 6.55. The maximum absolute atomic E-state index is 12.1. The average molecular weight is 283 g/mol. The lowest BCUT2D eigenvalue weighted by atomic mass is 10.1. The van der Waals surface area contributed by atoms with Gasteiger partial charge in [-0.3, -0.25) is 9.69 Å². The molecule has 0 spiro atoms. The smallest absolute Gasteiger partial charge is 0.241 e. The Morgan fingerprint density at radius 2 is 2.16 bits per heavy atom. The Kier molecular flexibility index (Phi) is 4.80. The van der Waals surface area contributed by atoms with Gasteiger partial charge in [0.05, 0.1) is 12.1 Å². The number of hydrogen-bond acceptors (Lipinski definition) is 3. The van der Waals surface area contributed by atoms with Crippen molar-refractivity contribution in [1.29, 1.82) is 0 Å². The van der Waals surface area contributed by atoms with Crippen LogP contribution < -0.4 is 5.32 Å². The van der Waals surface area contributed by atoms with E-state index in [1.54, 1.807) is 18.2 Å². The minimum absolute atomic E-state index is 0.0429. The first-order chi connectivity index (χ1) is 9.06. The van der Waals surface area contributed by atoms with Gasteiger partial charge in [0, 0.05) is 23.8 Å². The first kappa shape index (κ1) is 14.3. The number of rotatable bonds is 3. The topological polar surface area (TPSA) is 52.6 Å². The summed E-state index contributed by atoms with van der Waals surface area (Å²) in [4.78, 5) is 14.2. The van der Waals surface area contributed by atoms with Crippen molar-refractivity contribution in [2.75, 3.05) is 18.4 Å². The SMILES string of the molecule is C[C@H](C(=O)Nc1cccc(Cl)c1)N1CCC(O)CC1. The van der Waals surface area contributed by atoms with Gasteiger partial charge in [0.25, 0.3) is 0 Å². The molecule has 4 nitrogen and oxygen atoms in total. The van der Waals surface area contributed by atoms with Gasteiger partial charge in [-0.05, 0) is 38.0 Å². The monoisotopic (exact) mass is 282 g/mol. The highest BCUT2D eigenvalue weighted by molar-refractivity contribution is 6.30. The van der Waals surface area contributed by atoms with Crippen molar-refractivity contribution in [2.45, 2.75) is 31.9 Å². The van der Waals surface area contributed by atoms with Gasteiger partial charge in [0.2, 0.25) is 5.91 Å². The van der Waals surface area contributed by atoms with Crippen LogP contribution in [0.1, 0.15) is 19.8 Å². The number of benzene rings is 1. The maximum Gasteiger partial charge on any atom is 0.241 e. The summed E-state index contributed by atoms with van der Waals surface area (Å²) in [6.07, 6.45) is 1.24. The molecule has 1 aliphatic heterocycles. The second kappa shape index (κ2) is 6.37. The summed E-state index contributed by atoms with van der Waals surface area (Å²) in [5.74, 6) is -0.0429. The summed E-state index contributed by atoms with van der Waals surface area (Å²) in [7, 11) is 0. The van der Waals surface area contributed by atoms with E-state index < -0.39 is 0 Å². The minimum Gasteiger partial charge on any atom is -0.393 e. The van der Waals surface area contributed by atoms with Gasteiger partial charge in [-0.2, -0.15) is 0 Å². The molecule has 1 aliphatic rings. The molecule has 1 aromatic rings. The van der Waals surface area contributed by atoms with E-state index in [4.69, 9.17) is 11.6 Å². The molecule has 2 N–H and O–H groups in total. The fraction of sp³-hybridized carbons (Fsp3) is 0.500. The normalized spacial score (nSPS) is 19.1. The molecule has 1 heterocycles. The number of nitrogens with zero attached hydrogens (tertiary/aromatic N) is 1. The largest absolute Gasteiger partial charge is 0.393 e.